The third-order valence-corrected chi connectivity index (χ3v) is 6.22. The molecule has 0 aliphatic rings. The molecule has 0 radical (unpaired) electrons. The molecule has 2 aromatic heterocycles. The van der Waals surface area contributed by atoms with E-state index in [9.17, 15) is 20.2 Å². The summed E-state index contributed by atoms with van der Waals surface area (Å²) < 4.78 is 3.15. The van der Waals surface area contributed by atoms with Crippen LogP contribution in [0.2, 0.25) is 0 Å². The van der Waals surface area contributed by atoms with E-state index in [0.29, 0.717) is 11.1 Å². The Labute approximate surface area is 196 Å². The van der Waals surface area contributed by atoms with Gasteiger partial charge in [-0.25, -0.2) is 0 Å². The molecule has 158 valence electrons. The molecule has 32 heavy (non-hydrogen) atoms. The Balaban J connectivity index is 0.00000245. The number of pyridine rings is 1. The summed E-state index contributed by atoms with van der Waals surface area (Å²) in [6.45, 7) is 0. The van der Waals surface area contributed by atoms with Crippen LogP contribution in [0.3, 0.4) is 0 Å². The van der Waals surface area contributed by atoms with Crippen molar-refractivity contribution in [3.63, 3.8) is 0 Å². The maximum atomic E-state index is 11.3. The number of thiazole rings is 1. The minimum Gasteiger partial charge on any atom is -1.00 e. The van der Waals surface area contributed by atoms with Gasteiger partial charge in [0.1, 0.15) is 4.70 Å². The summed E-state index contributed by atoms with van der Waals surface area (Å²) in [5.41, 5.74) is 3.88. The maximum Gasteiger partial charge on any atom is 0.270 e. The van der Waals surface area contributed by atoms with Crippen LogP contribution in [0.1, 0.15) is 0 Å². The molecule has 9 heteroatoms. The molecule has 0 saturated carbocycles. The highest BCUT2D eigenvalue weighted by molar-refractivity contribution is 7.23. The van der Waals surface area contributed by atoms with Crippen molar-refractivity contribution in [2.45, 2.75) is 0 Å². The molecule has 0 spiro atoms. The van der Waals surface area contributed by atoms with Crippen LogP contribution in [0.25, 0.3) is 37.3 Å². The van der Waals surface area contributed by atoms with Crippen molar-refractivity contribution in [2.24, 2.45) is 0 Å². The minimum absolute atomic E-state index is 0. The lowest BCUT2D eigenvalue weighted by molar-refractivity contribution is -0.476. The molecular weight excluding hydrogens is 494 g/mol. The number of para-hydroxylation sites is 1. The van der Waals surface area contributed by atoms with E-state index in [0.717, 1.165) is 26.2 Å². The standard InChI is InChI=1S/C23H14N3O4S.BrH/c27-25(28)17-7-3-5-15(11-17)19-13-23-24(21-9-1-2-10-22(21)31-23)14-20(19)16-6-4-8-18(12-16)26(29)30;/h1-14H;1H/q+1;/p-1. The van der Waals surface area contributed by atoms with Crippen molar-refractivity contribution in [1.29, 1.82) is 0 Å². The van der Waals surface area contributed by atoms with Crippen LogP contribution < -0.4 is 21.4 Å². The van der Waals surface area contributed by atoms with Crippen LogP contribution in [-0.4, -0.2) is 9.85 Å². The van der Waals surface area contributed by atoms with Gasteiger partial charge in [-0.15, -0.1) is 4.40 Å². The van der Waals surface area contributed by atoms with E-state index >= 15 is 0 Å². The first-order valence-corrected chi connectivity index (χ1v) is 10.2. The summed E-state index contributed by atoms with van der Waals surface area (Å²) in [4.78, 5) is 22.8. The summed E-state index contributed by atoms with van der Waals surface area (Å²) in [6, 6.07) is 22.8. The van der Waals surface area contributed by atoms with Gasteiger partial charge in [0.15, 0.2) is 6.20 Å². The van der Waals surface area contributed by atoms with E-state index in [4.69, 9.17) is 0 Å². The Morgan fingerprint density at radius 1 is 0.719 bits per heavy atom. The second kappa shape index (κ2) is 8.45. The van der Waals surface area contributed by atoms with Crippen LogP contribution >= 0.6 is 11.3 Å². The maximum absolute atomic E-state index is 11.3. The second-order valence-corrected chi connectivity index (χ2v) is 8.06. The quantitative estimate of drug-likeness (QED) is 0.212. The molecular formula is C23H14BrN3O4S. The highest BCUT2D eigenvalue weighted by Gasteiger charge is 2.21. The Hall–Kier alpha value is -3.69. The molecule has 0 atom stereocenters. The SMILES string of the molecule is O=[N+]([O-])c1cccc(-c2cc3sc4ccccc4[n+]3cc2-c2cccc([N+](=O)[O-])c2)c1.[Br-]. The summed E-state index contributed by atoms with van der Waals surface area (Å²) in [5, 5.41) is 22.6. The number of aromatic nitrogens is 1. The number of halogens is 1. The molecule has 0 saturated heterocycles. The van der Waals surface area contributed by atoms with Gasteiger partial charge in [0, 0.05) is 42.0 Å². The van der Waals surface area contributed by atoms with Crippen molar-refractivity contribution in [3.05, 3.63) is 105 Å². The first-order chi connectivity index (χ1) is 15.0. The van der Waals surface area contributed by atoms with Gasteiger partial charge in [0.25, 0.3) is 16.2 Å². The normalized spacial score (nSPS) is 10.8. The van der Waals surface area contributed by atoms with Gasteiger partial charge < -0.3 is 17.0 Å². The zero-order valence-corrected chi connectivity index (χ0v) is 18.7. The molecule has 0 aliphatic carbocycles. The highest BCUT2D eigenvalue weighted by Crippen LogP contribution is 2.36. The van der Waals surface area contributed by atoms with Crippen molar-refractivity contribution in [1.82, 2.24) is 0 Å². The molecule has 5 aromatic rings. The number of hydrogen-bond donors (Lipinski definition) is 0. The van der Waals surface area contributed by atoms with Crippen LogP contribution in [0.4, 0.5) is 11.4 Å². The number of non-ortho nitro benzene ring substituents is 2. The van der Waals surface area contributed by atoms with Crippen LogP contribution in [0, 0.1) is 20.2 Å². The highest BCUT2D eigenvalue weighted by atomic mass is 79.9. The van der Waals surface area contributed by atoms with E-state index < -0.39 is 9.85 Å². The molecule has 0 amide bonds. The number of nitro groups is 2. The molecule has 0 bridgehead atoms. The number of hydrogen-bond acceptors (Lipinski definition) is 5. The first kappa shape index (κ1) is 21.5. The van der Waals surface area contributed by atoms with E-state index in [-0.39, 0.29) is 28.4 Å². The van der Waals surface area contributed by atoms with Crippen LogP contribution in [-0.2, 0) is 0 Å². The van der Waals surface area contributed by atoms with Crippen molar-refractivity contribution < 1.29 is 31.2 Å². The molecule has 0 fully saturated rings. The van der Waals surface area contributed by atoms with Gasteiger partial charge in [-0.3, -0.25) is 20.2 Å². The molecule has 5 rings (SSSR count). The van der Waals surface area contributed by atoms with Gasteiger partial charge in [-0.2, -0.15) is 0 Å². The number of fused-ring (bicyclic) bond motifs is 3. The summed E-state index contributed by atoms with van der Waals surface area (Å²) >= 11 is 1.61. The lowest BCUT2D eigenvalue weighted by atomic mass is 9.96. The predicted molar refractivity (Wildman–Crippen MR) is 119 cm³/mol. The van der Waals surface area contributed by atoms with Crippen LogP contribution in [0.5, 0.6) is 0 Å². The second-order valence-electron chi connectivity index (χ2n) is 6.99. The molecule has 7 nitrogen and oxygen atoms in total. The molecule has 0 aliphatic heterocycles. The number of nitrogens with zero attached hydrogens (tertiary/aromatic N) is 3. The van der Waals surface area contributed by atoms with Crippen molar-refractivity contribution >= 4 is 37.8 Å². The monoisotopic (exact) mass is 507 g/mol. The zero-order chi connectivity index (χ0) is 21.5. The Kier molecular flexibility index (Phi) is 5.68. The average molecular weight is 508 g/mol. The Morgan fingerprint density at radius 3 is 1.94 bits per heavy atom. The van der Waals surface area contributed by atoms with Gasteiger partial charge in [-0.05, 0) is 17.2 Å². The molecule has 0 unspecified atom stereocenters. The zero-order valence-electron chi connectivity index (χ0n) is 16.3. The van der Waals surface area contributed by atoms with Gasteiger partial charge in [0.2, 0.25) is 5.52 Å². The molecule has 3 aromatic carbocycles. The minimum atomic E-state index is -0.428. The van der Waals surface area contributed by atoms with Gasteiger partial charge >= 0.3 is 0 Å². The van der Waals surface area contributed by atoms with Crippen molar-refractivity contribution in [3.8, 4) is 22.3 Å². The lowest BCUT2D eigenvalue weighted by Crippen LogP contribution is -3.00. The van der Waals surface area contributed by atoms with Crippen molar-refractivity contribution in [2.75, 3.05) is 0 Å². The number of benzene rings is 3. The van der Waals surface area contributed by atoms with E-state index in [1.165, 1.54) is 24.3 Å². The summed E-state index contributed by atoms with van der Waals surface area (Å²) in [6.07, 6.45) is 1.95. The smallest absolute Gasteiger partial charge is 0.270 e. The molecule has 0 N–H and O–H groups in total. The average Bonchev–Trinajstić information content (AvgIpc) is 3.16. The summed E-state index contributed by atoms with van der Waals surface area (Å²) in [7, 11) is 0. The Bertz CT molecular complexity index is 1520. The van der Waals surface area contributed by atoms with Crippen LogP contribution in [0.15, 0.2) is 85.1 Å². The van der Waals surface area contributed by atoms with E-state index in [2.05, 4.69) is 4.40 Å². The van der Waals surface area contributed by atoms with E-state index in [1.807, 2.05) is 48.7 Å². The Morgan fingerprint density at radius 2 is 1.31 bits per heavy atom. The number of nitro benzene ring substituents is 2. The topological polar surface area (TPSA) is 90.4 Å². The fraction of sp³-hybridized carbons (Fsp3) is 0. The van der Waals surface area contributed by atoms with E-state index in [1.54, 1.807) is 23.5 Å². The van der Waals surface area contributed by atoms with Gasteiger partial charge in [-0.1, -0.05) is 47.7 Å². The third kappa shape index (κ3) is 3.72. The molecule has 2 heterocycles. The first-order valence-electron chi connectivity index (χ1n) is 9.38. The fourth-order valence-corrected chi connectivity index (χ4v) is 4.77. The van der Waals surface area contributed by atoms with Gasteiger partial charge in [0.05, 0.1) is 15.4 Å². The largest absolute Gasteiger partial charge is 1.00 e. The predicted octanol–water partition coefficient (Wildman–Crippen LogP) is 2.79. The number of rotatable bonds is 4. The third-order valence-electron chi connectivity index (χ3n) is 5.13. The lowest BCUT2D eigenvalue weighted by Gasteiger charge is -2.08. The fourth-order valence-electron chi connectivity index (χ4n) is 3.70. The summed E-state index contributed by atoms with van der Waals surface area (Å²) in [5.74, 6) is 0.